The fourth-order valence-corrected chi connectivity index (χ4v) is 2.77. The molecule has 4 unspecified atom stereocenters. The molecule has 0 bridgehead atoms. The zero-order valence-corrected chi connectivity index (χ0v) is 11.2. The van der Waals surface area contributed by atoms with E-state index in [2.05, 4.69) is 0 Å². The molecule has 2 fully saturated rings. The van der Waals surface area contributed by atoms with E-state index in [1.165, 1.54) is 0 Å². The molecule has 98 valence electrons. The number of carbonyl (C=O) groups excluding carboxylic acids is 1. The molecule has 2 rings (SSSR count). The number of alkyl halides is 1. The van der Waals surface area contributed by atoms with Gasteiger partial charge >= 0.3 is 0 Å². The Hall–Kier alpha value is -0.320. The molecule has 0 N–H and O–H groups in total. The zero-order valence-electron chi connectivity index (χ0n) is 10.4. The Labute approximate surface area is 107 Å². The lowest BCUT2D eigenvalue weighted by Gasteiger charge is -2.37. The minimum absolute atomic E-state index is 0.0104. The van der Waals surface area contributed by atoms with Crippen molar-refractivity contribution in [2.45, 2.75) is 38.6 Å². The molecule has 0 saturated carbocycles. The van der Waals surface area contributed by atoms with Gasteiger partial charge in [0.05, 0.1) is 30.1 Å². The largest absolute Gasteiger partial charge is 0.378 e. The Morgan fingerprint density at radius 3 is 2.76 bits per heavy atom. The van der Waals surface area contributed by atoms with Crippen molar-refractivity contribution in [1.29, 1.82) is 0 Å². The van der Waals surface area contributed by atoms with Crippen LogP contribution < -0.4 is 0 Å². The summed E-state index contributed by atoms with van der Waals surface area (Å²) in [6.45, 7) is 5.91. The van der Waals surface area contributed by atoms with Crippen LogP contribution in [0.2, 0.25) is 0 Å². The van der Waals surface area contributed by atoms with Crippen LogP contribution >= 0.6 is 11.6 Å². The van der Waals surface area contributed by atoms with Gasteiger partial charge in [0.25, 0.3) is 0 Å². The van der Waals surface area contributed by atoms with Crippen LogP contribution in [0.3, 0.4) is 0 Å². The molecule has 4 atom stereocenters. The van der Waals surface area contributed by atoms with E-state index in [9.17, 15) is 4.79 Å². The second kappa shape index (κ2) is 5.55. The Kier molecular flexibility index (Phi) is 4.28. The van der Waals surface area contributed by atoms with Gasteiger partial charge in [0.1, 0.15) is 0 Å². The first-order valence-corrected chi connectivity index (χ1v) is 6.77. The second-order valence-electron chi connectivity index (χ2n) is 4.94. The lowest BCUT2D eigenvalue weighted by atomic mass is 10.00. The summed E-state index contributed by atoms with van der Waals surface area (Å²) in [6, 6.07) is 0. The van der Waals surface area contributed by atoms with E-state index in [0.717, 1.165) is 6.42 Å². The highest BCUT2D eigenvalue weighted by molar-refractivity contribution is 6.18. The van der Waals surface area contributed by atoms with Crippen molar-refractivity contribution >= 4 is 17.5 Å². The van der Waals surface area contributed by atoms with Crippen molar-refractivity contribution in [3.8, 4) is 0 Å². The maximum atomic E-state index is 12.4. The summed E-state index contributed by atoms with van der Waals surface area (Å²) in [5, 5.41) is 0. The Morgan fingerprint density at radius 1 is 1.41 bits per heavy atom. The second-order valence-corrected chi connectivity index (χ2v) is 5.25. The smallest absolute Gasteiger partial charge is 0.228 e. The number of amides is 1. The predicted molar refractivity (Wildman–Crippen MR) is 65.2 cm³/mol. The van der Waals surface area contributed by atoms with Crippen LogP contribution in [-0.4, -0.2) is 54.7 Å². The van der Waals surface area contributed by atoms with Gasteiger partial charge < -0.3 is 14.4 Å². The maximum Gasteiger partial charge on any atom is 0.228 e. The van der Waals surface area contributed by atoms with Crippen LogP contribution in [0.5, 0.6) is 0 Å². The minimum Gasteiger partial charge on any atom is -0.378 e. The molecule has 0 spiro atoms. The van der Waals surface area contributed by atoms with Gasteiger partial charge in [-0.25, -0.2) is 0 Å². The third-order valence-corrected chi connectivity index (χ3v) is 3.85. The van der Waals surface area contributed by atoms with Gasteiger partial charge in [0.2, 0.25) is 5.91 Å². The number of ether oxygens (including phenoxy) is 2. The Bertz CT molecular complexity index is 287. The molecule has 2 aliphatic rings. The first kappa shape index (κ1) is 13.1. The highest BCUT2D eigenvalue weighted by Gasteiger charge is 2.36. The summed E-state index contributed by atoms with van der Waals surface area (Å²) >= 11 is 5.82. The number of halogens is 1. The van der Waals surface area contributed by atoms with Gasteiger partial charge in [-0.2, -0.15) is 0 Å². The molecule has 0 aromatic rings. The number of carbonyl (C=O) groups is 1. The lowest BCUT2D eigenvalue weighted by Crippen LogP contribution is -2.52. The van der Waals surface area contributed by atoms with Gasteiger partial charge in [0, 0.05) is 19.7 Å². The lowest BCUT2D eigenvalue weighted by molar-refractivity contribution is -0.148. The van der Waals surface area contributed by atoms with Crippen molar-refractivity contribution < 1.29 is 14.3 Å². The van der Waals surface area contributed by atoms with Crippen molar-refractivity contribution in [3.63, 3.8) is 0 Å². The van der Waals surface area contributed by atoms with Crippen LogP contribution in [0, 0.1) is 5.92 Å². The van der Waals surface area contributed by atoms with E-state index in [1.807, 2.05) is 18.7 Å². The summed E-state index contributed by atoms with van der Waals surface area (Å²) < 4.78 is 11.1. The summed E-state index contributed by atoms with van der Waals surface area (Å²) in [5.74, 6) is 0.640. The molecule has 0 aromatic carbocycles. The van der Waals surface area contributed by atoms with E-state index >= 15 is 0 Å². The summed E-state index contributed by atoms with van der Waals surface area (Å²) in [7, 11) is 0. The summed E-state index contributed by atoms with van der Waals surface area (Å²) in [5.41, 5.74) is 0. The topological polar surface area (TPSA) is 38.8 Å². The SMILES string of the molecule is CC1CN(C(=O)C2CCOC2C)CC(CCl)O1. The van der Waals surface area contributed by atoms with Crippen molar-refractivity contribution in [3.05, 3.63) is 0 Å². The average Bonchev–Trinajstić information content (AvgIpc) is 2.73. The highest BCUT2D eigenvalue weighted by Crippen LogP contribution is 2.24. The van der Waals surface area contributed by atoms with E-state index in [0.29, 0.717) is 25.6 Å². The molecule has 17 heavy (non-hydrogen) atoms. The number of hydrogen-bond donors (Lipinski definition) is 0. The average molecular weight is 262 g/mol. The minimum atomic E-state index is -0.0398. The van der Waals surface area contributed by atoms with E-state index in [-0.39, 0.29) is 30.1 Å². The van der Waals surface area contributed by atoms with E-state index in [1.54, 1.807) is 0 Å². The Balaban J connectivity index is 1.98. The van der Waals surface area contributed by atoms with Crippen LogP contribution in [0.25, 0.3) is 0 Å². The highest BCUT2D eigenvalue weighted by atomic mass is 35.5. The fourth-order valence-electron chi connectivity index (χ4n) is 2.60. The zero-order chi connectivity index (χ0) is 12.4. The molecule has 0 radical (unpaired) electrons. The van der Waals surface area contributed by atoms with Crippen molar-refractivity contribution in [1.82, 2.24) is 4.90 Å². The molecule has 5 heteroatoms. The molecule has 0 aliphatic carbocycles. The third kappa shape index (κ3) is 2.92. The van der Waals surface area contributed by atoms with Gasteiger partial charge in [-0.1, -0.05) is 0 Å². The van der Waals surface area contributed by atoms with Gasteiger partial charge in [0.15, 0.2) is 0 Å². The number of nitrogens with zero attached hydrogens (tertiary/aromatic N) is 1. The van der Waals surface area contributed by atoms with Crippen LogP contribution in [-0.2, 0) is 14.3 Å². The van der Waals surface area contributed by atoms with Gasteiger partial charge in [-0.05, 0) is 20.3 Å². The molecule has 2 heterocycles. The molecule has 1 amide bonds. The first-order chi connectivity index (χ1) is 8.11. The summed E-state index contributed by atoms with van der Waals surface area (Å²) in [4.78, 5) is 14.3. The van der Waals surface area contributed by atoms with Gasteiger partial charge in [-0.15, -0.1) is 11.6 Å². The van der Waals surface area contributed by atoms with Crippen LogP contribution in [0.15, 0.2) is 0 Å². The van der Waals surface area contributed by atoms with E-state index < -0.39 is 0 Å². The molecule has 0 aromatic heterocycles. The fraction of sp³-hybridized carbons (Fsp3) is 0.917. The monoisotopic (exact) mass is 261 g/mol. The molecule has 2 saturated heterocycles. The number of hydrogen-bond acceptors (Lipinski definition) is 3. The number of morpholine rings is 1. The van der Waals surface area contributed by atoms with E-state index in [4.69, 9.17) is 21.1 Å². The third-order valence-electron chi connectivity index (χ3n) is 3.50. The molecular weight excluding hydrogens is 242 g/mol. The van der Waals surface area contributed by atoms with Crippen molar-refractivity contribution in [2.24, 2.45) is 5.92 Å². The molecule has 4 nitrogen and oxygen atoms in total. The normalized spacial score (nSPS) is 38.4. The number of rotatable bonds is 2. The van der Waals surface area contributed by atoms with Crippen LogP contribution in [0.4, 0.5) is 0 Å². The standard InChI is InChI=1S/C12H20ClNO3/c1-8-6-14(7-10(5-13)17-8)12(15)11-3-4-16-9(11)2/h8-11H,3-7H2,1-2H3. The Morgan fingerprint density at radius 2 is 2.18 bits per heavy atom. The molecule has 2 aliphatic heterocycles. The molecular formula is C12H20ClNO3. The van der Waals surface area contributed by atoms with Crippen LogP contribution in [0.1, 0.15) is 20.3 Å². The summed E-state index contributed by atoms with van der Waals surface area (Å²) in [6.07, 6.45) is 0.892. The van der Waals surface area contributed by atoms with Crippen molar-refractivity contribution in [2.75, 3.05) is 25.6 Å². The predicted octanol–water partition coefficient (Wildman–Crippen LogP) is 1.27. The maximum absolute atomic E-state index is 12.4. The first-order valence-electron chi connectivity index (χ1n) is 6.23. The quantitative estimate of drug-likeness (QED) is 0.703. The van der Waals surface area contributed by atoms with Gasteiger partial charge in [-0.3, -0.25) is 4.79 Å².